The van der Waals surface area contributed by atoms with Crippen LogP contribution in [0.5, 0.6) is 0 Å². The van der Waals surface area contributed by atoms with Crippen LogP contribution in [0.2, 0.25) is 0 Å². The van der Waals surface area contributed by atoms with Crippen LogP contribution in [0.25, 0.3) is 5.65 Å². The van der Waals surface area contributed by atoms with Gasteiger partial charge in [0.1, 0.15) is 11.4 Å². The lowest BCUT2D eigenvalue weighted by molar-refractivity contribution is -0.108. The molecule has 2 aliphatic rings. The SMILES string of the molecule is O=C(c1cn2ccnc2c(F)c1Nc1ccc(I)cc1F)N1CC(O)(C2CCCCN2)C1. The minimum Gasteiger partial charge on any atom is -0.385 e. The standard InChI is InChI=1S/C22H22F2IN5O2/c23-15-9-13(25)4-5-16(15)28-19-14(10-29-8-7-27-20(29)18(19)24)21(31)30-11-22(32,12-30)17-3-1-2-6-26-17/h4-5,7-10,17,26,28,32H,1-3,6,11-12H2. The van der Waals surface area contributed by atoms with Crippen LogP contribution in [0.3, 0.4) is 0 Å². The Kier molecular flexibility index (Phi) is 5.54. The molecule has 0 radical (unpaired) electrons. The maximum atomic E-state index is 15.3. The smallest absolute Gasteiger partial charge is 0.257 e. The number of anilines is 2. The van der Waals surface area contributed by atoms with Gasteiger partial charge >= 0.3 is 0 Å². The molecule has 10 heteroatoms. The van der Waals surface area contributed by atoms with Crippen molar-refractivity contribution in [2.75, 3.05) is 25.0 Å². The Bertz CT molecular complexity index is 1190. The Hall–Kier alpha value is -2.31. The maximum Gasteiger partial charge on any atom is 0.257 e. The first-order chi connectivity index (χ1) is 15.4. The van der Waals surface area contributed by atoms with E-state index in [-0.39, 0.29) is 41.7 Å². The van der Waals surface area contributed by atoms with Crippen LogP contribution in [0, 0.1) is 15.2 Å². The number of aromatic nitrogens is 2. The number of nitrogens with zero attached hydrogens (tertiary/aromatic N) is 3. The summed E-state index contributed by atoms with van der Waals surface area (Å²) in [5.41, 5.74) is -1.00. The number of nitrogens with one attached hydrogen (secondary N) is 2. The van der Waals surface area contributed by atoms with Gasteiger partial charge in [-0.2, -0.15) is 0 Å². The van der Waals surface area contributed by atoms with E-state index in [1.54, 1.807) is 12.3 Å². The van der Waals surface area contributed by atoms with Crippen LogP contribution in [0.4, 0.5) is 20.2 Å². The van der Waals surface area contributed by atoms with Crippen LogP contribution in [-0.2, 0) is 0 Å². The molecule has 2 aliphatic heterocycles. The number of likely N-dealkylation sites (tertiary alicyclic amines) is 1. The molecular weight excluding hydrogens is 531 g/mol. The van der Waals surface area contributed by atoms with Crippen molar-refractivity contribution in [3.63, 3.8) is 0 Å². The van der Waals surface area contributed by atoms with E-state index < -0.39 is 23.1 Å². The van der Waals surface area contributed by atoms with Gasteiger partial charge in [-0.1, -0.05) is 6.42 Å². The number of amides is 1. The van der Waals surface area contributed by atoms with Gasteiger partial charge in [-0.25, -0.2) is 13.8 Å². The van der Waals surface area contributed by atoms with Gasteiger partial charge in [-0.3, -0.25) is 4.79 Å². The number of benzene rings is 1. The van der Waals surface area contributed by atoms with Crippen LogP contribution >= 0.6 is 22.6 Å². The highest BCUT2D eigenvalue weighted by molar-refractivity contribution is 14.1. The first-order valence-corrected chi connectivity index (χ1v) is 11.6. The molecule has 7 nitrogen and oxygen atoms in total. The summed E-state index contributed by atoms with van der Waals surface area (Å²) in [6.45, 7) is 1.16. The number of carbonyl (C=O) groups excluding carboxylic acids is 1. The fraction of sp³-hybridized carbons (Fsp3) is 0.364. The van der Waals surface area contributed by atoms with E-state index in [9.17, 15) is 14.3 Å². The molecule has 0 aliphatic carbocycles. The summed E-state index contributed by atoms with van der Waals surface area (Å²) in [7, 11) is 0. The molecule has 3 N–H and O–H groups in total. The van der Waals surface area contributed by atoms with Crippen LogP contribution in [-0.4, -0.2) is 56.6 Å². The Morgan fingerprint density at radius 1 is 1.31 bits per heavy atom. The average Bonchev–Trinajstić information content (AvgIpc) is 3.24. The zero-order valence-electron chi connectivity index (χ0n) is 17.1. The normalized spacial score (nSPS) is 20.2. The number of β-amino-alcohol motifs (C(OH)–C–C–N with tert-alkyl or cyclic N) is 1. The molecular formula is C22H22F2IN5O2. The topological polar surface area (TPSA) is 81.9 Å². The predicted octanol–water partition coefficient (Wildman–Crippen LogP) is 3.29. The lowest BCUT2D eigenvalue weighted by atomic mass is 9.81. The van der Waals surface area contributed by atoms with Crippen LogP contribution in [0.1, 0.15) is 29.6 Å². The predicted molar refractivity (Wildman–Crippen MR) is 124 cm³/mol. The van der Waals surface area contributed by atoms with E-state index in [1.165, 1.54) is 33.8 Å². The molecule has 1 atom stereocenters. The second-order valence-corrected chi connectivity index (χ2v) is 9.65. The number of imidazole rings is 1. The lowest BCUT2D eigenvalue weighted by Crippen LogP contribution is -2.72. The molecule has 0 saturated carbocycles. The van der Waals surface area contributed by atoms with Gasteiger partial charge in [0.25, 0.3) is 5.91 Å². The lowest BCUT2D eigenvalue weighted by Gasteiger charge is -2.51. The first kappa shape index (κ1) is 21.5. The monoisotopic (exact) mass is 553 g/mol. The fourth-order valence-corrected chi connectivity index (χ4v) is 4.94. The Morgan fingerprint density at radius 2 is 2.12 bits per heavy atom. The molecule has 2 aromatic heterocycles. The summed E-state index contributed by atoms with van der Waals surface area (Å²) < 4.78 is 31.9. The van der Waals surface area contributed by atoms with Gasteiger partial charge < -0.3 is 25.0 Å². The second-order valence-electron chi connectivity index (χ2n) is 8.41. The average molecular weight is 553 g/mol. The zero-order valence-corrected chi connectivity index (χ0v) is 19.3. The molecule has 32 heavy (non-hydrogen) atoms. The van der Waals surface area contributed by atoms with Crippen LogP contribution < -0.4 is 10.6 Å². The number of hydrogen-bond acceptors (Lipinski definition) is 5. The van der Waals surface area contributed by atoms with Gasteiger partial charge in [-0.15, -0.1) is 0 Å². The van der Waals surface area contributed by atoms with Gasteiger partial charge in [0.05, 0.1) is 30.0 Å². The third kappa shape index (κ3) is 3.73. The number of rotatable bonds is 4. The quantitative estimate of drug-likeness (QED) is 0.433. The van der Waals surface area contributed by atoms with Crippen molar-refractivity contribution in [1.82, 2.24) is 19.6 Å². The minimum absolute atomic E-state index is 0.0292. The summed E-state index contributed by atoms with van der Waals surface area (Å²) in [5.74, 6) is -1.74. The van der Waals surface area contributed by atoms with E-state index >= 15 is 4.39 Å². The molecule has 2 fully saturated rings. The number of fused-ring (bicyclic) bond motifs is 1. The van der Waals surface area contributed by atoms with E-state index in [0.717, 1.165) is 25.8 Å². The van der Waals surface area contributed by atoms with Crippen molar-refractivity contribution in [3.05, 3.63) is 57.6 Å². The summed E-state index contributed by atoms with van der Waals surface area (Å²) in [6.07, 6.45) is 7.42. The Balaban J connectivity index is 1.46. The number of aliphatic hydroxyl groups is 1. The van der Waals surface area contributed by atoms with Crippen molar-refractivity contribution in [1.29, 1.82) is 0 Å². The van der Waals surface area contributed by atoms with Gasteiger partial charge in [0.15, 0.2) is 11.5 Å². The van der Waals surface area contributed by atoms with Gasteiger partial charge in [0, 0.05) is 28.2 Å². The third-order valence-electron chi connectivity index (χ3n) is 6.22. The van der Waals surface area contributed by atoms with Gasteiger partial charge in [-0.05, 0) is 60.2 Å². The van der Waals surface area contributed by atoms with E-state index in [0.29, 0.717) is 3.57 Å². The van der Waals surface area contributed by atoms with Crippen molar-refractivity contribution in [3.8, 4) is 0 Å². The number of piperidine rings is 1. The molecule has 1 aromatic carbocycles. The molecule has 5 rings (SSSR count). The summed E-state index contributed by atoms with van der Waals surface area (Å²) in [5, 5.41) is 17.0. The fourth-order valence-electron chi connectivity index (χ4n) is 4.49. The molecule has 168 valence electrons. The molecule has 1 amide bonds. The maximum absolute atomic E-state index is 15.3. The van der Waals surface area contributed by atoms with Crippen molar-refractivity contribution in [2.45, 2.75) is 30.9 Å². The molecule has 0 bridgehead atoms. The van der Waals surface area contributed by atoms with Crippen molar-refractivity contribution in [2.24, 2.45) is 0 Å². The van der Waals surface area contributed by atoms with Crippen molar-refractivity contribution >= 4 is 45.5 Å². The second kappa shape index (κ2) is 8.23. The highest BCUT2D eigenvalue weighted by Gasteiger charge is 2.49. The summed E-state index contributed by atoms with van der Waals surface area (Å²) >= 11 is 1.99. The molecule has 3 aromatic rings. The molecule has 2 saturated heterocycles. The molecule has 0 spiro atoms. The summed E-state index contributed by atoms with van der Waals surface area (Å²) in [6, 6.07) is 4.44. The van der Waals surface area contributed by atoms with E-state index in [1.807, 2.05) is 22.6 Å². The third-order valence-corrected chi connectivity index (χ3v) is 6.89. The highest BCUT2D eigenvalue weighted by atomic mass is 127. The minimum atomic E-state index is -0.996. The van der Waals surface area contributed by atoms with E-state index in [4.69, 9.17) is 0 Å². The number of pyridine rings is 1. The number of halogens is 3. The highest BCUT2D eigenvalue weighted by Crippen LogP contribution is 2.34. The largest absolute Gasteiger partial charge is 0.385 e. The number of carbonyl (C=O) groups is 1. The zero-order chi connectivity index (χ0) is 22.5. The molecule has 1 unspecified atom stereocenters. The van der Waals surface area contributed by atoms with Gasteiger partial charge in [0.2, 0.25) is 0 Å². The van der Waals surface area contributed by atoms with Crippen LogP contribution in [0.15, 0.2) is 36.8 Å². The Labute approximate surface area is 197 Å². The number of hydrogen-bond donors (Lipinski definition) is 3. The summed E-state index contributed by atoms with van der Waals surface area (Å²) in [4.78, 5) is 18.8. The molecule has 4 heterocycles. The van der Waals surface area contributed by atoms with E-state index in [2.05, 4.69) is 15.6 Å². The first-order valence-electron chi connectivity index (χ1n) is 10.5. The van der Waals surface area contributed by atoms with Crippen molar-refractivity contribution < 1.29 is 18.7 Å². The Morgan fingerprint density at radius 3 is 2.84 bits per heavy atom.